The first-order valence-electron chi connectivity index (χ1n) is 9.19. The second kappa shape index (κ2) is 9.61. The molecule has 0 heterocycles. The zero-order valence-electron chi connectivity index (χ0n) is 17.4. The van der Waals surface area contributed by atoms with Gasteiger partial charge in [-0.25, -0.2) is 25.5 Å². The Hall–Kier alpha value is -2.05. The molecule has 0 aliphatic heterocycles. The van der Waals surface area contributed by atoms with E-state index in [0.29, 0.717) is 0 Å². The Kier molecular flexibility index (Phi) is 7.82. The smallest absolute Gasteiger partial charge is 0.255 e. The van der Waals surface area contributed by atoms with Crippen molar-refractivity contribution in [3.05, 3.63) is 52.8 Å². The molecule has 0 fully saturated rings. The van der Waals surface area contributed by atoms with Gasteiger partial charge in [-0.3, -0.25) is 4.79 Å². The summed E-state index contributed by atoms with van der Waals surface area (Å²) < 4.78 is 66.4. The van der Waals surface area contributed by atoms with Gasteiger partial charge in [0.1, 0.15) is 15.6 Å². The molecule has 1 N–H and O–H groups in total. The lowest BCUT2D eigenvalue weighted by Gasteiger charge is -2.19. The van der Waals surface area contributed by atoms with E-state index < -0.39 is 36.7 Å². The van der Waals surface area contributed by atoms with Crippen LogP contribution >= 0.6 is 11.6 Å². The molecule has 0 bridgehead atoms. The van der Waals surface area contributed by atoms with Crippen molar-refractivity contribution < 1.29 is 26.0 Å². The minimum Gasteiger partial charge on any atom is -0.322 e. The largest absolute Gasteiger partial charge is 0.322 e. The van der Waals surface area contributed by atoms with Crippen molar-refractivity contribution in [1.29, 1.82) is 0 Å². The predicted molar refractivity (Wildman–Crippen MR) is 117 cm³/mol. The van der Waals surface area contributed by atoms with Gasteiger partial charge in [0.15, 0.2) is 0 Å². The summed E-state index contributed by atoms with van der Waals surface area (Å²) in [6.45, 7) is 3.52. The van der Waals surface area contributed by atoms with Crippen LogP contribution < -0.4 is 5.32 Å². The van der Waals surface area contributed by atoms with E-state index in [0.717, 1.165) is 26.8 Å². The second-order valence-corrected chi connectivity index (χ2v) is 11.1. The standard InChI is InChI=1S/C19H23ClFN3O5S2/c1-5-24(6-2)31(28,29)18-11-13(7-10-16(18)21)19(25)22-14-8-9-15(20)17(12-14)30(26,27)23(3)4/h7-12H,5-6H2,1-4H3,(H,22,25). The number of sulfonamides is 2. The van der Waals surface area contributed by atoms with E-state index in [9.17, 15) is 26.0 Å². The number of carbonyl (C=O) groups is 1. The first kappa shape index (κ1) is 25.2. The molecule has 170 valence electrons. The summed E-state index contributed by atoms with van der Waals surface area (Å²) in [5.74, 6) is -1.72. The molecule has 0 aromatic heterocycles. The number of hydrogen-bond donors (Lipinski definition) is 1. The molecule has 0 spiro atoms. The molecule has 1 amide bonds. The Morgan fingerprint density at radius 2 is 1.58 bits per heavy atom. The number of hydrogen-bond acceptors (Lipinski definition) is 5. The number of benzene rings is 2. The molecule has 0 atom stereocenters. The van der Waals surface area contributed by atoms with Crippen molar-refractivity contribution in [3.63, 3.8) is 0 Å². The van der Waals surface area contributed by atoms with E-state index in [-0.39, 0.29) is 34.3 Å². The number of amides is 1. The van der Waals surface area contributed by atoms with Crippen LogP contribution in [-0.2, 0) is 20.0 Å². The molecule has 12 heteroatoms. The third-order valence-corrected chi connectivity index (χ3v) is 8.83. The average Bonchev–Trinajstić information content (AvgIpc) is 2.70. The van der Waals surface area contributed by atoms with Gasteiger partial charge in [-0.05, 0) is 36.4 Å². The highest BCUT2D eigenvalue weighted by molar-refractivity contribution is 7.89. The van der Waals surface area contributed by atoms with Crippen LogP contribution in [0, 0.1) is 5.82 Å². The van der Waals surface area contributed by atoms with Gasteiger partial charge < -0.3 is 5.32 Å². The van der Waals surface area contributed by atoms with Gasteiger partial charge in [0.25, 0.3) is 5.91 Å². The Morgan fingerprint density at radius 3 is 2.13 bits per heavy atom. The summed E-state index contributed by atoms with van der Waals surface area (Å²) >= 11 is 5.99. The van der Waals surface area contributed by atoms with Gasteiger partial charge in [-0.15, -0.1) is 0 Å². The Labute approximate surface area is 186 Å². The summed E-state index contributed by atoms with van der Waals surface area (Å²) in [5, 5.41) is 2.45. The van der Waals surface area contributed by atoms with Crippen LogP contribution in [0.1, 0.15) is 24.2 Å². The summed E-state index contributed by atoms with van der Waals surface area (Å²) in [6, 6.07) is 6.88. The summed E-state index contributed by atoms with van der Waals surface area (Å²) in [4.78, 5) is 11.8. The topological polar surface area (TPSA) is 104 Å². The minimum absolute atomic E-state index is 0.0268. The maximum Gasteiger partial charge on any atom is 0.255 e. The number of nitrogens with one attached hydrogen (secondary N) is 1. The number of carbonyl (C=O) groups excluding carboxylic acids is 1. The number of nitrogens with zero attached hydrogens (tertiary/aromatic N) is 2. The molecule has 0 aliphatic carbocycles. The van der Waals surface area contributed by atoms with Gasteiger partial charge in [0.2, 0.25) is 20.0 Å². The van der Waals surface area contributed by atoms with Crippen molar-refractivity contribution in [2.45, 2.75) is 23.6 Å². The van der Waals surface area contributed by atoms with Gasteiger partial charge in [0.05, 0.1) is 5.02 Å². The van der Waals surface area contributed by atoms with E-state index >= 15 is 0 Å². The lowest BCUT2D eigenvalue weighted by Crippen LogP contribution is -2.31. The average molecular weight is 492 g/mol. The van der Waals surface area contributed by atoms with Crippen LogP contribution in [0.15, 0.2) is 46.2 Å². The van der Waals surface area contributed by atoms with Crippen molar-refractivity contribution in [2.24, 2.45) is 0 Å². The fourth-order valence-electron chi connectivity index (χ4n) is 2.72. The Morgan fingerprint density at radius 1 is 0.968 bits per heavy atom. The monoisotopic (exact) mass is 491 g/mol. The lowest BCUT2D eigenvalue weighted by molar-refractivity contribution is 0.102. The summed E-state index contributed by atoms with van der Waals surface area (Å²) in [7, 11) is -5.31. The molecule has 0 aliphatic rings. The molecule has 8 nitrogen and oxygen atoms in total. The zero-order valence-corrected chi connectivity index (χ0v) is 19.8. The molecule has 0 radical (unpaired) electrons. The van der Waals surface area contributed by atoms with Gasteiger partial charge in [0, 0.05) is 38.4 Å². The third-order valence-electron chi connectivity index (χ3n) is 4.46. The highest BCUT2D eigenvalue weighted by Gasteiger charge is 2.27. The van der Waals surface area contributed by atoms with Gasteiger partial charge in [-0.1, -0.05) is 25.4 Å². The molecular formula is C19H23ClFN3O5S2. The van der Waals surface area contributed by atoms with Crippen LogP contribution in [0.2, 0.25) is 5.02 Å². The van der Waals surface area contributed by atoms with Crippen molar-refractivity contribution in [2.75, 3.05) is 32.5 Å². The highest BCUT2D eigenvalue weighted by atomic mass is 35.5. The molecule has 2 rings (SSSR count). The molecule has 2 aromatic carbocycles. The Balaban J connectivity index is 2.42. The quantitative estimate of drug-likeness (QED) is 0.611. The van der Waals surface area contributed by atoms with E-state index in [1.807, 2.05) is 0 Å². The molecule has 0 saturated carbocycles. The minimum atomic E-state index is -4.13. The van der Waals surface area contributed by atoms with Crippen LogP contribution in [0.5, 0.6) is 0 Å². The van der Waals surface area contributed by atoms with Crippen molar-refractivity contribution in [1.82, 2.24) is 8.61 Å². The second-order valence-electron chi connectivity index (χ2n) is 6.62. The maximum atomic E-state index is 14.3. The van der Waals surface area contributed by atoms with Crippen LogP contribution in [0.25, 0.3) is 0 Å². The fourth-order valence-corrected chi connectivity index (χ4v) is 5.67. The van der Waals surface area contributed by atoms with Crippen LogP contribution in [-0.4, -0.2) is 58.5 Å². The highest BCUT2D eigenvalue weighted by Crippen LogP contribution is 2.27. The van der Waals surface area contributed by atoms with E-state index in [1.165, 1.54) is 32.3 Å². The third kappa shape index (κ3) is 5.24. The SMILES string of the molecule is CCN(CC)S(=O)(=O)c1cc(C(=O)Nc2ccc(Cl)c(S(=O)(=O)N(C)C)c2)ccc1F. The molecule has 0 saturated heterocycles. The van der Waals surface area contributed by atoms with E-state index in [4.69, 9.17) is 11.6 Å². The fraction of sp³-hybridized carbons (Fsp3) is 0.316. The van der Waals surface area contributed by atoms with Crippen LogP contribution in [0.4, 0.5) is 10.1 Å². The number of halogens is 2. The van der Waals surface area contributed by atoms with Gasteiger partial charge >= 0.3 is 0 Å². The lowest BCUT2D eigenvalue weighted by atomic mass is 10.2. The first-order chi connectivity index (χ1) is 14.4. The summed E-state index contributed by atoms with van der Waals surface area (Å²) in [5.41, 5.74) is 0.00592. The zero-order chi connectivity index (χ0) is 23.6. The normalized spacial score (nSPS) is 12.4. The summed E-state index contributed by atoms with van der Waals surface area (Å²) in [6.07, 6.45) is 0. The number of anilines is 1. The van der Waals surface area contributed by atoms with Crippen molar-refractivity contribution in [3.8, 4) is 0 Å². The first-order valence-corrected chi connectivity index (χ1v) is 12.4. The van der Waals surface area contributed by atoms with E-state index in [2.05, 4.69) is 5.32 Å². The number of rotatable bonds is 8. The molecule has 0 unspecified atom stereocenters. The molecule has 2 aromatic rings. The molecule has 31 heavy (non-hydrogen) atoms. The van der Waals surface area contributed by atoms with E-state index in [1.54, 1.807) is 13.8 Å². The van der Waals surface area contributed by atoms with Crippen molar-refractivity contribution >= 4 is 43.2 Å². The predicted octanol–water partition coefficient (Wildman–Crippen LogP) is 3.01. The Bertz CT molecular complexity index is 1200. The maximum absolute atomic E-state index is 14.3. The van der Waals surface area contributed by atoms with Gasteiger partial charge in [-0.2, -0.15) is 4.31 Å². The molecular weight excluding hydrogens is 469 g/mol. The van der Waals surface area contributed by atoms with Crippen LogP contribution in [0.3, 0.4) is 0 Å².